The summed E-state index contributed by atoms with van der Waals surface area (Å²) in [5, 5.41) is 0.553. The maximum atomic E-state index is 12.7. The fraction of sp³-hybridized carbons (Fsp3) is 0.286. The van der Waals surface area contributed by atoms with Crippen LogP contribution < -0.4 is 5.56 Å². The van der Waals surface area contributed by atoms with E-state index in [-0.39, 0.29) is 23.9 Å². The smallest absolute Gasteiger partial charge is 0.261 e. The summed E-state index contributed by atoms with van der Waals surface area (Å²) in [4.78, 5) is 31.5. The molecule has 0 radical (unpaired) electrons. The molecule has 0 N–H and O–H groups in total. The molecule has 138 valence electrons. The van der Waals surface area contributed by atoms with Crippen LogP contribution in [0.3, 0.4) is 0 Å². The first-order valence-corrected chi connectivity index (χ1v) is 9.82. The highest BCUT2D eigenvalue weighted by Crippen LogP contribution is 2.35. The number of amides is 1. The molecule has 0 saturated heterocycles. The van der Waals surface area contributed by atoms with E-state index < -0.39 is 0 Å². The second-order valence-corrected chi connectivity index (χ2v) is 7.83. The zero-order valence-corrected chi connectivity index (χ0v) is 16.6. The summed E-state index contributed by atoms with van der Waals surface area (Å²) in [6, 6.07) is 13.9. The predicted molar refractivity (Wildman–Crippen MR) is 109 cm³/mol. The van der Waals surface area contributed by atoms with Gasteiger partial charge in [0.05, 0.1) is 23.3 Å². The summed E-state index contributed by atoms with van der Waals surface area (Å²) < 4.78 is 2.35. The van der Waals surface area contributed by atoms with Crippen LogP contribution in [0.1, 0.15) is 30.0 Å². The molecule has 27 heavy (non-hydrogen) atoms. The molecule has 1 unspecified atom stereocenters. The lowest BCUT2D eigenvalue weighted by Crippen LogP contribution is -2.32. The Kier molecular flexibility index (Phi) is 4.83. The van der Waals surface area contributed by atoms with Crippen molar-refractivity contribution < 1.29 is 4.79 Å². The van der Waals surface area contributed by atoms with Gasteiger partial charge in [-0.3, -0.25) is 14.2 Å². The third kappa shape index (κ3) is 3.41. The van der Waals surface area contributed by atoms with E-state index in [2.05, 4.69) is 33.0 Å². The summed E-state index contributed by atoms with van der Waals surface area (Å²) in [7, 11) is 1.85. The molecule has 1 aromatic heterocycles. The number of aromatic nitrogens is 2. The molecule has 1 heterocycles. The molecule has 0 aliphatic heterocycles. The molecule has 2 aromatic carbocycles. The van der Waals surface area contributed by atoms with Crippen molar-refractivity contribution in [2.24, 2.45) is 0 Å². The van der Waals surface area contributed by atoms with E-state index in [1.165, 1.54) is 22.0 Å². The molecule has 6 heteroatoms. The Bertz CT molecular complexity index is 1080. The lowest BCUT2D eigenvalue weighted by atomic mass is 10.1. The molecule has 0 saturated carbocycles. The van der Waals surface area contributed by atoms with E-state index in [4.69, 9.17) is 0 Å². The van der Waals surface area contributed by atoms with Gasteiger partial charge in [-0.1, -0.05) is 40.2 Å². The minimum absolute atomic E-state index is 0.0398. The average Bonchev–Trinajstić information content (AvgIpc) is 3.11. The number of benzene rings is 2. The topological polar surface area (TPSA) is 55.2 Å². The van der Waals surface area contributed by atoms with Crippen LogP contribution in [0.5, 0.6) is 0 Å². The predicted octanol–water partition coefficient (Wildman–Crippen LogP) is 3.70. The van der Waals surface area contributed by atoms with Crippen LogP contribution in [0.4, 0.5) is 0 Å². The number of carbonyl (C=O) groups is 1. The summed E-state index contributed by atoms with van der Waals surface area (Å²) in [5.74, 6) is 0.0398. The maximum absolute atomic E-state index is 12.7. The van der Waals surface area contributed by atoms with E-state index in [0.29, 0.717) is 17.4 Å². The number of fused-ring (bicyclic) bond motifs is 2. The quantitative estimate of drug-likeness (QED) is 0.640. The van der Waals surface area contributed by atoms with Crippen LogP contribution >= 0.6 is 15.9 Å². The Hall–Kier alpha value is -2.47. The molecule has 4 rings (SSSR count). The molecular weight excluding hydrogens is 406 g/mol. The fourth-order valence-electron chi connectivity index (χ4n) is 3.79. The van der Waals surface area contributed by atoms with Crippen molar-refractivity contribution in [2.45, 2.75) is 31.8 Å². The van der Waals surface area contributed by atoms with Gasteiger partial charge in [-0.2, -0.15) is 0 Å². The molecule has 0 fully saturated rings. The molecule has 1 aliphatic carbocycles. The largest absolute Gasteiger partial charge is 0.339 e. The summed E-state index contributed by atoms with van der Waals surface area (Å²) in [6.07, 6.45) is 3.75. The lowest BCUT2D eigenvalue weighted by molar-refractivity contribution is -0.132. The normalized spacial score (nSPS) is 15.7. The van der Waals surface area contributed by atoms with Crippen LogP contribution in [-0.4, -0.2) is 27.4 Å². The average molecular weight is 426 g/mol. The highest BCUT2D eigenvalue weighted by atomic mass is 79.9. The summed E-state index contributed by atoms with van der Waals surface area (Å²) >= 11 is 3.39. The van der Waals surface area contributed by atoms with Crippen LogP contribution in [0, 0.1) is 0 Å². The molecule has 0 bridgehead atoms. The number of nitrogens with zero attached hydrogens (tertiary/aromatic N) is 3. The van der Waals surface area contributed by atoms with Crippen molar-refractivity contribution >= 4 is 32.7 Å². The van der Waals surface area contributed by atoms with Gasteiger partial charge in [0.25, 0.3) is 5.56 Å². The van der Waals surface area contributed by atoms with Crippen molar-refractivity contribution in [1.82, 2.24) is 14.5 Å². The first-order valence-electron chi connectivity index (χ1n) is 9.03. The number of hydrogen-bond donors (Lipinski definition) is 0. The second-order valence-electron chi connectivity index (χ2n) is 6.91. The van der Waals surface area contributed by atoms with E-state index in [1.807, 2.05) is 36.2 Å². The standard InChI is InChI=1S/C21H20BrN3O2/c1-24(19-9-6-14-4-2-3-5-16(14)19)20(26)10-11-25-13-23-18-8-7-15(22)12-17(18)21(25)27/h2-5,7-8,12-13,19H,6,9-11H2,1H3. The Morgan fingerprint density at radius 2 is 2.11 bits per heavy atom. The van der Waals surface area contributed by atoms with Crippen molar-refractivity contribution in [2.75, 3.05) is 7.05 Å². The molecule has 1 atom stereocenters. The molecule has 3 aromatic rings. The van der Waals surface area contributed by atoms with Crippen LogP contribution in [-0.2, 0) is 17.8 Å². The van der Waals surface area contributed by atoms with Gasteiger partial charge in [0.1, 0.15) is 0 Å². The molecular formula is C21H20BrN3O2. The van der Waals surface area contributed by atoms with Crippen molar-refractivity contribution in [3.63, 3.8) is 0 Å². The molecule has 5 nitrogen and oxygen atoms in total. The highest BCUT2D eigenvalue weighted by molar-refractivity contribution is 9.10. The highest BCUT2D eigenvalue weighted by Gasteiger charge is 2.28. The minimum atomic E-state index is -0.122. The Labute approximate surface area is 165 Å². The van der Waals surface area contributed by atoms with Gasteiger partial charge in [-0.05, 0) is 42.2 Å². The van der Waals surface area contributed by atoms with E-state index in [1.54, 1.807) is 6.07 Å². The van der Waals surface area contributed by atoms with Gasteiger partial charge in [-0.25, -0.2) is 4.98 Å². The van der Waals surface area contributed by atoms with Gasteiger partial charge < -0.3 is 4.90 Å². The van der Waals surface area contributed by atoms with Crippen LogP contribution in [0.25, 0.3) is 10.9 Å². The fourth-order valence-corrected chi connectivity index (χ4v) is 4.15. The van der Waals surface area contributed by atoms with Crippen molar-refractivity contribution in [1.29, 1.82) is 0 Å². The monoisotopic (exact) mass is 425 g/mol. The van der Waals surface area contributed by atoms with Gasteiger partial charge in [0.2, 0.25) is 5.91 Å². The van der Waals surface area contributed by atoms with E-state index in [9.17, 15) is 9.59 Å². The Morgan fingerprint density at radius 1 is 1.30 bits per heavy atom. The first kappa shape index (κ1) is 17.9. The number of carbonyl (C=O) groups excluding carboxylic acids is 1. The third-order valence-electron chi connectivity index (χ3n) is 5.31. The third-order valence-corrected chi connectivity index (χ3v) is 5.81. The van der Waals surface area contributed by atoms with Crippen LogP contribution in [0.15, 0.2) is 58.1 Å². The van der Waals surface area contributed by atoms with Crippen LogP contribution in [0.2, 0.25) is 0 Å². The zero-order chi connectivity index (χ0) is 19.0. The van der Waals surface area contributed by atoms with Gasteiger partial charge in [-0.15, -0.1) is 0 Å². The minimum Gasteiger partial charge on any atom is -0.339 e. The van der Waals surface area contributed by atoms with Gasteiger partial charge in [0.15, 0.2) is 0 Å². The Balaban J connectivity index is 1.49. The second kappa shape index (κ2) is 7.27. The number of rotatable bonds is 4. The van der Waals surface area contributed by atoms with E-state index >= 15 is 0 Å². The van der Waals surface area contributed by atoms with Crippen molar-refractivity contribution in [3.05, 3.63) is 74.7 Å². The molecule has 1 amide bonds. The Morgan fingerprint density at radius 3 is 2.96 bits per heavy atom. The van der Waals surface area contributed by atoms with E-state index in [0.717, 1.165) is 17.3 Å². The van der Waals surface area contributed by atoms with Gasteiger partial charge >= 0.3 is 0 Å². The number of aryl methyl sites for hydroxylation is 2. The summed E-state index contributed by atoms with van der Waals surface area (Å²) in [5.41, 5.74) is 3.10. The molecule has 1 aliphatic rings. The first-order chi connectivity index (χ1) is 13.0. The van der Waals surface area contributed by atoms with Gasteiger partial charge in [0, 0.05) is 24.5 Å². The number of halogens is 1. The maximum Gasteiger partial charge on any atom is 0.261 e. The number of hydrogen-bond acceptors (Lipinski definition) is 3. The SMILES string of the molecule is CN(C(=O)CCn1cnc2ccc(Br)cc2c1=O)C1CCc2ccccc21. The lowest BCUT2D eigenvalue weighted by Gasteiger charge is -2.25. The molecule has 0 spiro atoms. The zero-order valence-electron chi connectivity index (χ0n) is 15.1. The van der Waals surface area contributed by atoms with Crippen molar-refractivity contribution in [3.8, 4) is 0 Å². The summed E-state index contributed by atoms with van der Waals surface area (Å²) in [6.45, 7) is 0.325.